The van der Waals surface area contributed by atoms with Crippen molar-refractivity contribution in [1.82, 2.24) is 10.2 Å². The van der Waals surface area contributed by atoms with E-state index >= 15 is 0 Å². The van der Waals surface area contributed by atoms with Gasteiger partial charge in [-0.05, 0) is 12.1 Å². The third-order valence-electron chi connectivity index (χ3n) is 3.08. The molecule has 6 nitrogen and oxygen atoms in total. The van der Waals surface area contributed by atoms with Crippen LogP contribution in [0.15, 0.2) is 49.2 Å². The summed E-state index contributed by atoms with van der Waals surface area (Å²) in [4.78, 5) is 36.6. The van der Waals surface area contributed by atoms with Gasteiger partial charge in [-0.15, -0.1) is 6.58 Å². The first-order valence-electron chi connectivity index (χ1n) is 6.43. The lowest BCUT2D eigenvalue weighted by atomic mass is 10.0. The Morgan fingerprint density at radius 3 is 2.68 bits per heavy atom. The standard InChI is InChI=1S/C15H14FN3O3/c1-3-8-19-14(21)12(13(20)18-15(19)22)9(2)17-11-7-5-4-6-10(11)16/h3-7,12,17H,1-2,8H2,(H,18,20,22)/t12-/m0/s1. The Hall–Kier alpha value is -2.96. The summed E-state index contributed by atoms with van der Waals surface area (Å²) in [7, 11) is 0. The molecule has 7 heteroatoms. The van der Waals surface area contributed by atoms with Crippen molar-refractivity contribution in [2.75, 3.05) is 11.9 Å². The second-order valence-electron chi connectivity index (χ2n) is 4.60. The number of imide groups is 2. The van der Waals surface area contributed by atoms with Crippen LogP contribution in [0.4, 0.5) is 14.9 Å². The van der Waals surface area contributed by atoms with Crippen molar-refractivity contribution in [1.29, 1.82) is 0 Å². The van der Waals surface area contributed by atoms with Crippen LogP contribution in [0.3, 0.4) is 0 Å². The van der Waals surface area contributed by atoms with E-state index in [-0.39, 0.29) is 17.9 Å². The zero-order chi connectivity index (χ0) is 16.3. The molecule has 1 fully saturated rings. The summed E-state index contributed by atoms with van der Waals surface area (Å²) in [5.74, 6) is -3.41. The molecule has 114 valence electrons. The molecule has 0 aromatic heterocycles. The third kappa shape index (κ3) is 2.88. The van der Waals surface area contributed by atoms with E-state index in [1.54, 1.807) is 6.07 Å². The second kappa shape index (κ2) is 6.21. The molecular weight excluding hydrogens is 289 g/mol. The molecule has 2 N–H and O–H groups in total. The zero-order valence-electron chi connectivity index (χ0n) is 11.6. The van der Waals surface area contributed by atoms with Crippen molar-refractivity contribution in [2.24, 2.45) is 5.92 Å². The van der Waals surface area contributed by atoms with Crippen LogP contribution in [0.2, 0.25) is 0 Å². The van der Waals surface area contributed by atoms with E-state index in [0.717, 1.165) is 4.90 Å². The van der Waals surface area contributed by atoms with Gasteiger partial charge in [0, 0.05) is 12.2 Å². The Morgan fingerprint density at radius 2 is 2.05 bits per heavy atom. The van der Waals surface area contributed by atoms with Gasteiger partial charge in [-0.25, -0.2) is 9.18 Å². The molecule has 1 aromatic rings. The lowest BCUT2D eigenvalue weighted by Gasteiger charge is -2.30. The number of para-hydroxylation sites is 1. The van der Waals surface area contributed by atoms with Crippen LogP contribution in [0.1, 0.15) is 0 Å². The molecule has 22 heavy (non-hydrogen) atoms. The number of hydrogen-bond donors (Lipinski definition) is 2. The number of rotatable bonds is 5. The van der Waals surface area contributed by atoms with Gasteiger partial charge in [-0.1, -0.05) is 24.8 Å². The Bertz CT molecular complexity index is 672. The highest BCUT2D eigenvalue weighted by molar-refractivity contribution is 6.18. The van der Waals surface area contributed by atoms with Gasteiger partial charge in [0.2, 0.25) is 11.8 Å². The lowest BCUT2D eigenvalue weighted by molar-refractivity contribution is -0.140. The quantitative estimate of drug-likeness (QED) is 0.640. The van der Waals surface area contributed by atoms with Crippen molar-refractivity contribution < 1.29 is 18.8 Å². The number of anilines is 1. The molecule has 1 heterocycles. The highest BCUT2D eigenvalue weighted by Crippen LogP contribution is 2.22. The van der Waals surface area contributed by atoms with E-state index in [4.69, 9.17) is 0 Å². The van der Waals surface area contributed by atoms with Gasteiger partial charge in [0.1, 0.15) is 5.82 Å². The van der Waals surface area contributed by atoms with Gasteiger partial charge in [-0.2, -0.15) is 0 Å². The minimum Gasteiger partial charge on any atom is -0.356 e. The maximum Gasteiger partial charge on any atom is 0.331 e. The molecule has 0 aliphatic carbocycles. The van der Waals surface area contributed by atoms with Crippen LogP contribution >= 0.6 is 0 Å². The fraction of sp³-hybridized carbons (Fsp3) is 0.133. The normalized spacial score (nSPS) is 18.0. The number of carbonyl (C=O) groups is 3. The van der Waals surface area contributed by atoms with Crippen molar-refractivity contribution in [2.45, 2.75) is 0 Å². The number of barbiturate groups is 1. The molecule has 1 atom stereocenters. The number of hydrogen-bond acceptors (Lipinski definition) is 4. The number of nitrogens with one attached hydrogen (secondary N) is 2. The van der Waals surface area contributed by atoms with Gasteiger partial charge in [0.15, 0.2) is 5.92 Å². The molecule has 1 saturated heterocycles. The SMILES string of the molecule is C=CCN1C(=O)NC(=O)[C@H](C(=C)Nc2ccccc2F)C1=O. The molecule has 0 saturated carbocycles. The topological polar surface area (TPSA) is 78.5 Å². The Labute approximate surface area is 126 Å². The maximum atomic E-state index is 13.6. The van der Waals surface area contributed by atoms with Crippen LogP contribution < -0.4 is 10.6 Å². The molecule has 0 unspecified atom stereocenters. The first kappa shape index (κ1) is 15.4. The first-order valence-corrected chi connectivity index (χ1v) is 6.43. The predicted molar refractivity (Wildman–Crippen MR) is 78.1 cm³/mol. The van der Waals surface area contributed by atoms with Crippen LogP contribution in [0.5, 0.6) is 0 Å². The largest absolute Gasteiger partial charge is 0.356 e. The Kier molecular flexibility index (Phi) is 4.36. The Morgan fingerprint density at radius 1 is 1.36 bits per heavy atom. The van der Waals surface area contributed by atoms with Gasteiger partial charge < -0.3 is 5.32 Å². The van der Waals surface area contributed by atoms with Crippen LogP contribution in [-0.2, 0) is 9.59 Å². The van der Waals surface area contributed by atoms with E-state index in [2.05, 4.69) is 23.8 Å². The molecular formula is C15H14FN3O3. The molecule has 1 aromatic carbocycles. The summed E-state index contributed by atoms with van der Waals surface area (Å²) in [6, 6.07) is 4.95. The smallest absolute Gasteiger partial charge is 0.331 e. The molecule has 0 spiro atoms. The van der Waals surface area contributed by atoms with Gasteiger partial charge in [0.25, 0.3) is 0 Å². The van der Waals surface area contributed by atoms with E-state index in [9.17, 15) is 18.8 Å². The lowest BCUT2D eigenvalue weighted by Crippen LogP contribution is -2.58. The summed E-state index contributed by atoms with van der Waals surface area (Å²) < 4.78 is 13.6. The fourth-order valence-electron chi connectivity index (χ4n) is 2.03. The zero-order valence-corrected chi connectivity index (χ0v) is 11.6. The molecule has 1 aliphatic heterocycles. The molecule has 0 bridgehead atoms. The molecule has 2 rings (SSSR count). The number of carbonyl (C=O) groups excluding carboxylic acids is 3. The summed E-state index contributed by atoms with van der Waals surface area (Å²) in [6.07, 6.45) is 1.36. The number of benzene rings is 1. The monoisotopic (exact) mass is 303 g/mol. The van der Waals surface area contributed by atoms with Crippen molar-refractivity contribution in [3.8, 4) is 0 Å². The second-order valence-corrected chi connectivity index (χ2v) is 4.60. The number of halogens is 1. The highest BCUT2D eigenvalue weighted by Gasteiger charge is 2.41. The van der Waals surface area contributed by atoms with Gasteiger partial charge in [0.05, 0.1) is 5.69 Å². The predicted octanol–water partition coefficient (Wildman–Crippen LogP) is 1.63. The van der Waals surface area contributed by atoms with Crippen molar-refractivity contribution in [3.05, 3.63) is 55.0 Å². The van der Waals surface area contributed by atoms with Crippen molar-refractivity contribution >= 4 is 23.5 Å². The van der Waals surface area contributed by atoms with Crippen molar-refractivity contribution in [3.63, 3.8) is 0 Å². The third-order valence-corrected chi connectivity index (χ3v) is 3.08. The minimum atomic E-state index is -1.32. The highest BCUT2D eigenvalue weighted by atomic mass is 19.1. The minimum absolute atomic E-state index is 0.0193. The van der Waals surface area contributed by atoms with E-state index < -0.39 is 29.6 Å². The summed E-state index contributed by atoms with van der Waals surface area (Å²) >= 11 is 0. The molecule has 0 radical (unpaired) electrons. The summed E-state index contributed by atoms with van der Waals surface area (Å²) in [6.45, 7) is 7.02. The number of amides is 4. The summed E-state index contributed by atoms with van der Waals surface area (Å²) in [5.41, 5.74) is 0.0643. The maximum absolute atomic E-state index is 13.6. The van der Waals surface area contributed by atoms with E-state index in [0.29, 0.717) is 0 Å². The summed E-state index contributed by atoms with van der Waals surface area (Å²) in [5, 5.41) is 4.66. The van der Waals surface area contributed by atoms with Gasteiger partial charge in [-0.3, -0.25) is 19.8 Å². The average Bonchev–Trinajstić information content (AvgIpc) is 2.45. The number of urea groups is 1. The average molecular weight is 303 g/mol. The molecule has 1 aliphatic rings. The van der Waals surface area contributed by atoms with E-state index in [1.807, 2.05) is 0 Å². The Balaban J connectivity index is 2.22. The first-order chi connectivity index (χ1) is 10.5. The van der Waals surface area contributed by atoms with E-state index in [1.165, 1.54) is 24.3 Å². The number of nitrogens with zero attached hydrogens (tertiary/aromatic N) is 1. The van der Waals surface area contributed by atoms with Gasteiger partial charge >= 0.3 is 6.03 Å². The fourth-order valence-corrected chi connectivity index (χ4v) is 2.03. The van der Waals surface area contributed by atoms with Crippen LogP contribution in [0, 0.1) is 11.7 Å². The molecule has 4 amide bonds. The van der Waals surface area contributed by atoms with Crippen LogP contribution in [-0.4, -0.2) is 29.3 Å². The van der Waals surface area contributed by atoms with Crippen LogP contribution in [0.25, 0.3) is 0 Å².